The molecule has 0 radical (unpaired) electrons. The van der Waals surface area contributed by atoms with Crippen LogP contribution in [0.3, 0.4) is 0 Å². The van der Waals surface area contributed by atoms with Crippen molar-refractivity contribution in [3.05, 3.63) is 74.8 Å². The smallest absolute Gasteiger partial charge is 0.258 e. The molecule has 5 nitrogen and oxygen atoms in total. The molecule has 2 N–H and O–H groups in total. The van der Waals surface area contributed by atoms with E-state index in [1.54, 1.807) is 24.5 Å². The Balaban J connectivity index is 1.70. The van der Waals surface area contributed by atoms with Gasteiger partial charge in [-0.2, -0.15) is 0 Å². The highest BCUT2D eigenvalue weighted by Gasteiger charge is 2.34. The Kier molecular flexibility index (Phi) is 6.49. The number of aromatic nitrogens is 1. The molecule has 1 atom stereocenters. The molecule has 2 aromatic heterocycles. The number of benzene rings is 1. The molecule has 0 saturated heterocycles. The lowest BCUT2D eigenvalue weighted by Crippen LogP contribution is -2.27. The van der Waals surface area contributed by atoms with Crippen LogP contribution in [0.1, 0.15) is 58.3 Å². The van der Waals surface area contributed by atoms with Gasteiger partial charge in [0.15, 0.2) is 0 Å². The van der Waals surface area contributed by atoms with Crippen molar-refractivity contribution in [3.8, 4) is 0 Å². The van der Waals surface area contributed by atoms with Crippen LogP contribution in [0.5, 0.6) is 0 Å². The molecule has 1 aromatic carbocycles. The van der Waals surface area contributed by atoms with Crippen LogP contribution in [0.2, 0.25) is 0 Å². The van der Waals surface area contributed by atoms with Gasteiger partial charge in [-0.1, -0.05) is 32.9 Å². The van der Waals surface area contributed by atoms with E-state index in [4.69, 9.17) is 0 Å². The first-order valence-electron chi connectivity index (χ1n) is 10.7. The molecule has 0 spiro atoms. The zero-order valence-corrected chi connectivity index (χ0v) is 20.8. The third-order valence-electron chi connectivity index (χ3n) is 6.01. The number of carbonyl (C=O) groups is 2. The van der Waals surface area contributed by atoms with Crippen molar-refractivity contribution in [2.45, 2.75) is 40.0 Å². The summed E-state index contributed by atoms with van der Waals surface area (Å²) in [5.74, 6) is 0.0959. The van der Waals surface area contributed by atoms with E-state index in [0.717, 1.165) is 29.3 Å². The van der Waals surface area contributed by atoms with Gasteiger partial charge in [0.1, 0.15) is 5.00 Å². The molecule has 1 aliphatic carbocycles. The van der Waals surface area contributed by atoms with Crippen LogP contribution in [0.25, 0.3) is 0 Å². The van der Waals surface area contributed by atoms with Crippen molar-refractivity contribution in [2.75, 3.05) is 10.6 Å². The maximum Gasteiger partial charge on any atom is 0.258 e. The van der Waals surface area contributed by atoms with Gasteiger partial charge in [-0.05, 0) is 76.4 Å². The molecule has 2 amide bonds. The number of para-hydroxylation sites is 1. The molecule has 0 saturated carbocycles. The van der Waals surface area contributed by atoms with E-state index in [9.17, 15) is 9.59 Å². The maximum atomic E-state index is 13.4. The summed E-state index contributed by atoms with van der Waals surface area (Å²) in [7, 11) is 0. The van der Waals surface area contributed by atoms with Gasteiger partial charge in [0.25, 0.3) is 11.8 Å². The molecule has 7 heteroatoms. The maximum absolute atomic E-state index is 13.4. The minimum Gasteiger partial charge on any atom is -0.321 e. The normalized spacial score (nSPS) is 15.7. The SMILES string of the molecule is CC(C)(C)C1CCc2c(sc(NC(=O)c3ccncc3)c2C(=O)Nc2ccccc2Br)C1. The van der Waals surface area contributed by atoms with Gasteiger partial charge in [-0.3, -0.25) is 14.6 Å². The summed E-state index contributed by atoms with van der Waals surface area (Å²) >= 11 is 5.02. The van der Waals surface area contributed by atoms with E-state index in [1.807, 2.05) is 24.3 Å². The largest absolute Gasteiger partial charge is 0.321 e. The van der Waals surface area contributed by atoms with E-state index >= 15 is 0 Å². The Bertz CT molecular complexity index is 1150. The number of carbonyl (C=O) groups excluding carboxylic acids is 2. The number of fused-ring (bicyclic) bond motifs is 1. The van der Waals surface area contributed by atoms with Gasteiger partial charge in [0.2, 0.25) is 0 Å². The van der Waals surface area contributed by atoms with Crippen LogP contribution < -0.4 is 10.6 Å². The molecular weight excluding hydrogens is 486 g/mol. The number of thiophene rings is 1. The molecule has 3 aromatic rings. The number of hydrogen-bond donors (Lipinski definition) is 2. The second-order valence-electron chi connectivity index (χ2n) is 9.14. The standard InChI is InChI=1S/C25H26BrN3O2S/c1-25(2,3)16-8-9-17-20(14-16)32-24(29-22(30)15-10-12-27-13-11-15)21(17)23(31)28-19-7-5-4-6-18(19)26/h4-7,10-13,16H,8-9,14H2,1-3H3,(H,28,31)(H,29,30). The predicted molar refractivity (Wildman–Crippen MR) is 134 cm³/mol. The first-order valence-corrected chi connectivity index (χ1v) is 12.3. The fourth-order valence-corrected chi connectivity index (χ4v) is 5.78. The summed E-state index contributed by atoms with van der Waals surface area (Å²) in [6, 6.07) is 10.9. The van der Waals surface area contributed by atoms with Gasteiger partial charge in [0.05, 0.1) is 11.3 Å². The number of amides is 2. The van der Waals surface area contributed by atoms with E-state index in [-0.39, 0.29) is 17.2 Å². The van der Waals surface area contributed by atoms with Crippen LogP contribution in [-0.2, 0) is 12.8 Å². The molecule has 0 fully saturated rings. The number of hydrogen-bond acceptors (Lipinski definition) is 4. The van der Waals surface area contributed by atoms with Crippen molar-refractivity contribution >= 4 is 49.8 Å². The lowest BCUT2D eigenvalue weighted by molar-refractivity contribution is 0.102. The van der Waals surface area contributed by atoms with E-state index in [0.29, 0.717) is 27.7 Å². The van der Waals surface area contributed by atoms with Crippen LogP contribution >= 0.6 is 27.3 Å². The Morgan fingerprint density at radius 1 is 1.06 bits per heavy atom. The lowest BCUT2D eigenvalue weighted by Gasteiger charge is -2.33. The van der Waals surface area contributed by atoms with Crippen LogP contribution in [0.15, 0.2) is 53.3 Å². The summed E-state index contributed by atoms with van der Waals surface area (Å²) in [6.45, 7) is 6.80. The number of nitrogens with one attached hydrogen (secondary N) is 2. The molecule has 0 bridgehead atoms. The van der Waals surface area contributed by atoms with Gasteiger partial charge in [0, 0.05) is 27.3 Å². The molecule has 2 heterocycles. The van der Waals surface area contributed by atoms with Gasteiger partial charge in [-0.25, -0.2) is 0 Å². The van der Waals surface area contributed by atoms with E-state index in [2.05, 4.69) is 52.3 Å². The predicted octanol–water partition coefficient (Wildman–Crippen LogP) is 6.56. The number of nitrogens with zero attached hydrogens (tertiary/aromatic N) is 1. The highest BCUT2D eigenvalue weighted by molar-refractivity contribution is 9.10. The summed E-state index contributed by atoms with van der Waals surface area (Å²) in [6.07, 6.45) is 5.95. The number of pyridine rings is 1. The molecule has 1 aliphatic rings. The highest BCUT2D eigenvalue weighted by Crippen LogP contribution is 2.44. The minimum atomic E-state index is -0.242. The second-order valence-corrected chi connectivity index (χ2v) is 11.1. The van der Waals surface area contributed by atoms with E-state index < -0.39 is 0 Å². The van der Waals surface area contributed by atoms with Crippen LogP contribution in [0, 0.1) is 11.3 Å². The third-order valence-corrected chi connectivity index (χ3v) is 7.87. The average molecular weight is 512 g/mol. The molecular formula is C25H26BrN3O2S. The van der Waals surface area contributed by atoms with Crippen molar-refractivity contribution in [2.24, 2.45) is 11.3 Å². The Morgan fingerprint density at radius 2 is 1.78 bits per heavy atom. The summed E-state index contributed by atoms with van der Waals surface area (Å²) in [5, 5.41) is 6.62. The fourth-order valence-electron chi connectivity index (χ4n) is 4.08. The molecule has 0 aliphatic heterocycles. The van der Waals surface area contributed by atoms with Crippen molar-refractivity contribution in [1.82, 2.24) is 4.98 Å². The first kappa shape index (κ1) is 22.7. The molecule has 166 valence electrons. The van der Waals surface area contributed by atoms with Crippen molar-refractivity contribution in [1.29, 1.82) is 0 Å². The number of rotatable bonds is 4. The topological polar surface area (TPSA) is 71.1 Å². The van der Waals surface area contributed by atoms with Gasteiger partial charge >= 0.3 is 0 Å². The first-order chi connectivity index (χ1) is 15.2. The van der Waals surface area contributed by atoms with Crippen molar-refractivity contribution in [3.63, 3.8) is 0 Å². The third kappa shape index (κ3) is 4.79. The Labute approximate surface area is 200 Å². The Hall–Kier alpha value is -2.51. The van der Waals surface area contributed by atoms with Gasteiger partial charge in [-0.15, -0.1) is 11.3 Å². The number of anilines is 2. The fraction of sp³-hybridized carbons (Fsp3) is 0.320. The summed E-state index contributed by atoms with van der Waals surface area (Å²) in [5.41, 5.74) is 3.04. The van der Waals surface area contributed by atoms with Crippen LogP contribution in [0.4, 0.5) is 10.7 Å². The quantitative estimate of drug-likeness (QED) is 0.416. The van der Waals surface area contributed by atoms with Crippen molar-refractivity contribution < 1.29 is 9.59 Å². The molecule has 4 rings (SSSR count). The number of halogens is 1. The van der Waals surface area contributed by atoms with Crippen LogP contribution in [-0.4, -0.2) is 16.8 Å². The molecule has 1 unspecified atom stereocenters. The summed E-state index contributed by atoms with van der Waals surface area (Å²) < 4.78 is 0.813. The summed E-state index contributed by atoms with van der Waals surface area (Å²) in [4.78, 5) is 31.5. The minimum absolute atomic E-state index is 0.194. The zero-order valence-electron chi connectivity index (χ0n) is 18.4. The molecule has 32 heavy (non-hydrogen) atoms. The Morgan fingerprint density at radius 3 is 2.47 bits per heavy atom. The lowest BCUT2D eigenvalue weighted by atomic mass is 9.72. The highest BCUT2D eigenvalue weighted by atomic mass is 79.9. The van der Waals surface area contributed by atoms with E-state index in [1.165, 1.54) is 16.2 Å². The average Bonchev–Trinajstić information content (AvgIpc) is 3.12. The van der Waals surface area contributed by atoms with Gasteiger partial charge < -0.3 is 10.6 Å². The zero-order chi connectivity index (χ0) is 22.9. The second kappa shape index (κ2) is 9.16. The monoisotopic (exact) mass is 511 g/mol.